The maximum atomic E-state index is 4.93. The molecule has 0 unspecified atom stereocenters. The van der Waals surface area contributed by atoms with Crippen molar-refractivity contribution in [2.45, 2.75) is 20.8 Å². The van der Waals surface area contributed by atoms with Crippen molar-refractivity contribution in [3.8, 4) is 0 Å². The van der Waals surface area contributed by atoms with E-state index in [4.69, 9.17) is 12.2 Å². The van der Waals surface area contributed by atoms with Crippen molar-refractivity contribution in [1.82, 2.24) is 0 Å². The summed E-state index contributed by atoms with van der Waals surface area (Å²) in [5, 5.41) is 1.56. The zero-order valence-corrected chi connectivity index (χ0v) is 7.03. The summed E-state index contributed by atoms with van der Waals surface area (Å²) >= 11 is 9.59. The lowest BCUT2D eigenvalue weighted by Crippen LogP contribution is -2.17. The molecule has 8 heavy (non-hydrogen) atoms. The van der Waals surface area contributed by atoms with Crippen LogP contribution in [-0.4, -0.2) is 10.2 Å². The Balaban J connectivity index is 4.02. The Bertz CT molecular complexity index is 108. The molecule has 46 valence electrons. The third kappa shape index (κ3) is 2.48. The highest BCUT2D eigenvalue weighted by atomic mass is 32.1. The summed E-state index contributed by atoms with van der Waals surface area (Å²) in [6, 6.07) is 0. The first-order chi connectivity index (χ1) is 3.48. The smallest absolute Gasteiger partial charge is 0.0312 e. The Kier molecular flexibility index (Phi) is 2.71. The van der Waals surface area contributed by atoms with E-state index in [2.05, 4.69) is 33.0 Å². The van der Waals surface area contributed by atoms with Gasteiger partial charge in [-0.15, -0.1) is 0 Å². The molecule has 0 bridgehead atoms. The van der Waals surface area contributed by atoms with Crippen molar-refractivity contribution in [3.05, 3.63) is 0 Å². The molecule has 0 saturated heterocycles. The van der Waals surface area contributed by atoms with Gasteiger partial charge in [-0.3, -0.25) is 0 Å². The largest absolute Gasteiger partial charge is 0.0875 e. The van der Waals surface area contributed by atoms with Crippen LogP contribution in [0.15, 0.2) is 0 Å². The SMILES string of the molecule is CC(C)(C)C(=S)C=S. The summed E-state index contributed by atoms with van der Waals surface area (Å²) in [4.78, 5) is 0.854. The minimum Gasteiger partial charge on any atom is -0.0875 e. The molecule has 0 nitrogen and oxygen atoms in total. The van der Waals surface area contributed by atoms with Crippen LogP contribution in [0, 0.1) is 5.41 Å². The van der Waals surface area contributed by atoms with Gasteiger partial charge in [-0.25, -0.2) is 0 Å². The average Bonchev–Trinajstić information content (AvgIpc) is 1.62. The van der Waals surface area contributed by atoms with E-state index in [0.29, 0.717) is 0 Å². The Morgan fingerprint density at radius 2 is 1.75 bits per heavy atom. The molecular weight excluding hydrogens is 136 g/mol. The Hall–Kier alpha value is 0.180. The molecule has 0 aliphatic carbocycles. The molecular formula is C6H10S2. The number of rotatable bonds is 1. The second-order valence-electron chi connectivity index (χ2n) is 2.73. The summed E-state index contributed by atoms with van der Waals surface area (Å²) in [5.74, 6) is 0. The maximum absolute atomic E-state index is 4.93. The molecule has 0 aromatic rings. The van der Waals surface area contributed by atoms with Crippen LogP contribution in [0.5, 0.6) is 0 Å². The second kappa shape index (κ2) is 2.65. The number of hydrogen-bond donors (Lipinski definition) is 0. The normalized spacial score (nSPS) is 10.9. The van der Waals surface area contributed by atoms with E-state index in [9.17, 15) is 0 Å². The van der Waals surface area contributed by atoms with Gasteiger partial charge in [0.15, 0.2) is 0 Å². The molecule has 0 aromatic heterocycles. The van der Waals surface area contributed by atoms with E-state index in [1.165, 1.54) is 0 Å². The zero-order valence-electron chi connectivity index (χ0n) is 5.39. The minimum atomic E-state index is 0.0804. The first-order valence-electron chi connectivity index (χ1n) is 2.48. The van der Waals surface area contributed by atoms with Gasteiger partial charge in [0.2, 0.25) is 0 Å². The quantitative estimate of drug-likeness (QED) is 0.521. The predicted octanol–water partition coefficient (Wildman–Crippen LogP) is 2.40. The molecule has 0 radical (unpaired) electrons. The van der Waals surface area contributed by atoms with Gasteiger partial charge >= 0.3 is 0 Å². The monoisotopic (exact) mass is 146 g/mol. The van der Waals surface area contributed by atoms with Crippen molar-refractivity contribution in [2.24, 2.45) is 5.41 Å². The molecule has 0 aliphatic heterocycles. The van der Waals surface area contributed by atoms with Crippen molar-refractivity contribution in [1.29, 1.82) is 0 Å². The van der Waals surface area contributed by atoms with Crippen LogP contribution in [0.1, 0.15) is 20.8 Å². The van der Waals surface area contributed by atoms with E-state index in [0.717, 1.165) is 4.86 Å². The summed E-state index contributed by atoms with van der Waals surface area (Å²) < 4.78 is 0. The molecule has 0 fully saturated rings. The van der Waals surface area contributed by atoms with E-state index in [1.54, 1.807) is 5.37 Å². The molecule has 0 saturated carbocycles. The van der Waals surface area contributed by atoms with Gasteiger partial charge in [0.05, 0.1) is 0 Å². The van der Waals surface area contributed by atoms with Crippen molar-refractivity contribution in [3.63, 3.8) is 0 Å². The van der Waals surface area contributed by atoms with Gasteiger partial charge in [-0.2, -0.15) is 0 Å². The fourth-order valence-corrected chi connectivity index (χ4v) is 0.530. The molecule has 0 amide bonds. The van der Waals surface area contributed by atoms with Crippen LogP contribution in [0.4, 0.5) is 0 Å². The first-order valence-corrected chi connectivity index (χ1v) is 3.36. The van der Waals surface area contributed by atoms with Crippen LogP contribution in [0.3, 0.4) is 0 Å². The van der Waals surface area contributed by atoms with Gasteiger partial charge in [0.1, 0.15) is 0 Å². The van der Waals surface area contributed by atoms with E-state index < -0.39 is 0 Å². The number of hydrogen-bond acceptors (Lipinski definition) is 2. The van der Waals surface area contributed by atoms with Crippen LogP contribution in [0.25, 0.3) is 0 Å². The fraction of sp³-hybridized carbons (Fsp3) is 0.667. The summed E-state index contributed by atoms with van der Waals surface area (Å²) in [7, 11) is 0. The second-order valence-corrected chi connectivity index (χ2v) is 3.41. The van der Waals surface area contributed by atoms with E-state index in [-0.39, 0.29) is 5.41 Å². The Morgan fingerprint density at radius 3 is 1.75 bits per heavy atom. The lowest BCUT2D eigenvalue weighted by atomic mass is 9.93. The minimum absolute atomic E-state index is 0.0804. The molecule has 0 aliphatic rings. The lowest BCUT2D eigenvalue weighted by Gasteiger charge is -2.14. The van der Waals surface area contributed by atoms with Crippen molar-refractivity contribution >= 4 is 34.7 Å². The molecule has 0 atom stereocenters. The topological polar surface area (TPSA) is 0 Å². The van der Waals surface area contributed by atoms with E-state index in [1.807, 2.05) is 0 Å². The van der Waals surface area contributed by atoms with Crippen molar-refractivity contribution < 1.29 is 0 Å². The maximum Gasteiger partial charge on any atom is 0.0312 e. The standard InChI is InChI=1S/C6H10S2/c1-6(2,3)5(8)4-7/h4H,1-3H3. The third-order valence-electron chi connectivity index (χ3n) is 0.846. The summed E-state index contributed by atoms with van der Waals surface area (Å²) in [6.45, 7) is 6.16. The van der Waals surface area contributed by atoms with E-state index >= 15 is 0 Å². The Morgan fingerprint density at radius 1 is 1.38 bits per heavy atom. The molecule has 0 spiro atoms. The zero-order chi connectivity index (χ0) is 6.78. The summed E-state index contributed by atoms with van der Waals surface area (Å²) in [5.41, 5.74) is 0.0804. The molecule has 0 rings (SSSR count). The van der Waals surface area contributed by atoms with Gasteiger partial charge < -0.3 is 0 Å². The molecule has 0 heterocycles. The Labute approximate surface area is 61.3 Å². The number of thiocarbonyl (C=S) groups is 2. The highest BCUT2D eigenvalue weighted by Gasteiger charge is 2.13. The lowest BCUT2D eigenvalue weighted by molar-refractivity contribution is 0.608. The first kappa shape index (κ1) is 8.18. The van der Waals surface area contributed by atoms with Crippen molar-refractivity contribution in [2.75, 3.05) is 0 Å². The van der Waals surface area contributed by atoms with Crippen LogP contribution in [0.2, 0.25) is 0 Å². The van der Waals surface area contributed by atoms with Crippen LogP contribution < -0.4 is 0 Å². The highest BCUT2D eigenvalue weighted by molar-refractivity contribution is 7.88. The summed E-state index contributed by atoms with van der Waals surface area (Å²) in [6.07, 6.45) is 0. The van der Waals surface area contributed by atoms with Gasteiger partial charge in [-0.05, 0) is 5.41 Å². The average molecular weight is 146 g/mol. The molecule has 2 heteroatoms. The third-order valence-corrected chi connectivity index (χ3v) is 1.96. The van der Waals surface area contributed by atoms with Gasteiger partial charge in [0.25, 0.3) is 0 Å². The van der Waals surface area contributed by atoms with Gasteiger partial charge in [-0.1, -0.05) is 45.2 Å². The van der Waals surface area contributed by atoms with Gasteiger partial charge in [0, 0.05) is 10.2 Å². The molecule has 0 N–H and O–H groups in total. The van der Waals surface area contributed by atoms with Crippen LogP contribution >= 0.6 is 24.4 Å². The highest BCUT2D eigenvalue weighted by Crippen LogP contribution is 2.14. The predicted molar refractivity (Wildman–Crippen MR) is 45.7 cm³/mol. The molecule has 0 aromatic carbocycles. The fourth-order valence-electron chi connectivity index (χ4n) is 0.177. The van der Waals surface area contributed by atoms with Crippen LogP contribution in [-0.2, 0) is 0 Å².